The van der Waals surface area contributed by atoms with Crippen molar-refractivity contribution in [3.63, 3.8) is 0 Å². The van der Waals surface area contributed by atoms with E-state index < -0.39 is 10.8 Å². The van der Waals surface area contributed by atoms with Crippen molar-refractivity contribution in [3.8, 4) is 0 Å². The van der Waals surface area contributed by atoms with E-state index in [2.05, 4.69) is 17.0 Å². The molecule has 0 saturated carbocycles. The van der Waals surface area contributed by atoms with Crippen molar-refractivity contribution in [1.29, 1.82) is 0 Å². The lowest BCUT2D eigenvalue weighted by Gasteiger charge is -2.26. The van der Waals surface area contributed by atoms with Crippen LogP contribution in [0.2, 0.25) is 0 Å². The second-order valence-electron chi connectivity index (χ2n) is 4.85. The highest BCUT2D eigenvalue weighted by molar-refractivity contribution is 7.85. The maximum absolute atomic E-state index is 11.2. The van der Waals surface area contributed by atoms with Gasteiger partial charge in [-0.25, -0.2) is 0 Å². The molecule has 1 fully saturated rings. The summed E-state index contributed by atoms with van der Waals surface area (Å²) in [6.45, 7) is 3.04. The van der Waals surface area contributed by atoms with Crippen molar-refractivity contribution >= 4 is 10.8 Å². The summed E-state index contributed by atoms with van der Waals surface area (Å²) < 4.78 is 11.2. The normalized spacial score (nSPS) is 19.8. The van der Waals surface area contributed by atoms with Crippen LogP contribution in [0.4, 0.5) is 0 Å². The highest BCUT2D eigenvalue weighted by Crippen LogP contribution is 2.15. The van der Waals surface area contributed by atoms with E-state index in [1.165, 1.54) is 5.56 Å². The van der Waals surface area contributed by atoms with Crippen LogP contribution < -0.4 is 5.73 Å². The number of benzene rings is 1. The van der Waals surface area contributed by atoms with Crippen LogP contribution in [0.1, 0.15) is 24.4 Å². The van der Waals surface area contributed by atoms with E-state index in [1.807, 2.05) is 18.2 Å². The number of nitrogens with two attached hydrogens (primary N) is 1. The Balaban J connectivity index is 1.68. The first-order valence-corrected chi connectivity index (χ1v) is 8.12. The van der Waals surface area contributed by atoms with Crippen molar-refractivity contribution in [1.82, 2.24) is 4.90 Å². The third-order valence-corrected chi connectivity index (χ3v) is 4.76. The first-order valence-electron chi connectivity index (χ1n) is 6.63. The Morgan fingerprint density at radius 2 is 1.89 bits per heavy atom. The second-order valence-corrected chi connectivity index (χ2v) is 6.55. The minimum absolute atomic E-state index is 0.144. The Hall–Kier alpha value is -0.710. The summed E-state index contributed by atoms with van der Waals surface area (Å²) in [7, 11) is -0.571. The number of nitrogens with zero attached hydrogens (tertiary/aromatic N) is 1. The molecule has 0 radical (unpaired) electrons. The zero-order valence-electron chi connectivity index (χ0n) is 10.8. The standard InChI is InChI=1S/C14H22N2OS/c15-14(13-5-2-1-3-6-13)7-4-8-16-9-11-18(17)12-10-16/h1-3,5-6,14H,4,7-12,15H2. The Labute approximate surface area is 112 Å². The smallest absolute Gasteiger partial charge is 0.0363 e. The summed E-state index contributed by atoms with van der Waals surface area (Å²) in [4.78, 5) is 2.40. The average molecular weight is 266 g/mol. The zero-order valence-corrected chi connectivity index (χ0v) is 11.6. The topological polar surface area (TPSA) is 46.3 Å². The molecule has 1 saturated heterocycles. The summed E-state index contributed by atoms with van der Waals surface area (Å²) >= 11 is 0. The van der Waals surface area contributed by atoms with Gasteiger partial charge in [0.15, 0.2) is 0 Å². The van der Waals surface area contributed by atoms with Gasteiger partial charge in [-0.3, -0.25) is 4.21 Å². The first kappa shape index (κ1) is 13.7. The van der Waals surface area contributed by atoms with Crippen molar-refractivity contribution in [2.75, 3.05) is 31.1 Å². The van der Waals surface area contributed by atoms with E-state index in [9.17, 15) is 4.21 Å². The van der Waals surface area contributed by atoms with Gasteiger partial charge in [0.1, 0.15) is 0 Å². The molecule has 2 rings (SSSR count). The fourth-order valence-corrected chi connectivity index (χ4v) is 3.43. The number of rotatable bonds is 5. The third-order valence-electron chi connectivity index (χ3n) is 3.49. The van der Waals surface area contributed by atoms with Gasteiger partial charge in [-0.05, 0) is 24.9 Å². The van der Waals surface area contributed by atoms with E-state index in [0.717, 1.165) is 44.0 Å². The highest BCUT2D eigenvalue weighted by atomic mass is 32.2. The van der Waals surface area contributed by atoms with Crippen LogP contribution >= 0.6 is 0 Å². The monoisotopic (exact) mass is 266 g/mol. The molecule has 100 valence electrons. The molecular formula is C14H22N2OS. The van der Waals surface area contributed by atoms with Gasteiger partial charge in [-0.1, -0.05) is 30.3 Å². The molecule has 1 unspecified atom stereocenters. The molecule has 1 heterocycles. The van der Waals surface area contributed by atoms with Crippen LogP contribution in [-0.2, 0) is 10.8 Å². The molecule has 0 spiro atoms. The Morgan fingerprint density at radius 3 is 2.56 bits per heavy atom. The quantitative estimate of drug-likeness (QED) is 0.879. The van der Waals surface area contributed by atoms with Gasteiger partial charge in [0.2, 0.25) is 0 Å². The summed E-state index contributed by atoms with van der Waals surface area (Å²) in [5, 5.41) is 0. The minimum atomic E-state index is -0.571. The van der Waals surface area contributed by atoms with Crippen LogP contribution in [0, 0.1) is 0 Å². The Bertz CT molecular complexity index is 373. The molecule has 1 aliphatic heterocycles. The second kappa shape index (κ2) is 7.02. The molecule has 1 aromatic rings. The Morgan fingerprint density at radius 1 is 1.22 bits per heavy atom. The molecule has 1 aliphatic rings. The average Bonchev–Trinajstić information content (AvgIpc) is 2.42. The van der Waals surface area contributed by atoms with E-state index in [1.54, 1.807) is 0 Å². The van der Waals surface area contributed by atoms with Gasteiger partial charge in [0.05, 0.1) is 0 Å². The Kier molecular flexibility index (Phi) is 5.35. The van der Waals surface area contributed by atoms with Crippen molar-refractivity contribution in [2.24, 2.45) is 5.73 Å². The van der Waals surface area contributed by atoms with Crippen LogP contribution in [-0.4, -0.2) is 40.2 Å². The molecule has 0 aliphatic carbocycles. The zero-order chi connectivity index (χ0) is 12.8. The van der Waals surface area contributed by atoms with Crippen molar-refractivity contribution in [2.45, 2.75) is 18.9 Å². The lowest BCUT2D eigenvalue weighted by molar-refractivity contribution is 0.289. The molecule has 0 amide bonds. The van der Waals surface area contributed by atoms with E-state index >= 15 is 0 Å². The summed E-state index contributed by atoms with van der Waals surface area (Å²) in [6, 6.07) is 10.4. The first-order chi connectivity index (χ1) is 8.75. The largest absolute Gasteiger partial charge is 0.324 e. The van der Waals surface area contributed by atoms with Gasteiger partial charge in [0, 0.05) is 41.4 Å². The van der Waals surface area contributed by atoms with Crippen molar-refractivity contribution < 1.29 is 4.21 Å². The maximum Gasteiger partial charge on any atom is 0.0363 e. The molecule has 4 heteroatoms. The molecule has 1 atom stereocenters. The predicted octanol–water partition coefficient (Wildman–Crippen LogP) is 1.53. The lowest BCUT2D eigenvalue weighted by Crippen LogP contribution is -2.38. The molecular weight excluding hydrogens is 244 g/mol. The van der Waals surface area contributed by atoms with Crippen molar-refractivity contribution in [3.05, 3.63) is 35.9 Å². The van der Waals surface area contributed by atoms with Gasteiger partial charge in [-0.15, -0.1) is 0 Å². The predicted molar refractivity (Wildman–Crippen MR) is 76.9 cm³/mol. The maximum atomic E-state index is 11.2. The van der Waals surface area contributed by atoms with Gasteiger partial charge < -0.3 is 10.6 Å². The molecule has 18 heavy (non-hydrogen) atoms. The highest BCUT2D eigenvalue weighted by Gasteiger charge is 2.14. The van der Waals surface area contributed by atoms with E-state index in [4.69, 9.17) is 5.73 Å². The van der Waals surface area contributed by atoms with E-state index in [0.29, 0.717) is 0 Å². The van der Waals surface area contributed by atoms with Crippen LogP contribution in [0.5, 0.6) is 0 Å². The fourth-order valence-electron chi connectivity index (χ4n) is 2.30. The summed E-state index contributed by atoms with van der Waals surface area (Å²) in [5.41, 5.74) is 7.39. The summed E-state index contributed by atoms with van der Waals surface area (Å²) in [5.74, 6) is 1.68. The minimum Gasteiger partial charge on any atom is -0.324 e. The lowest BCUT2D eigenvalue weighted by atomic mass is 10.0. The number of hydrogen-bond donors (Lipinski definition) is 1. The van der Waals surface area contributed by atoms with Gasteiger partial charge >= 0.3 is 0 Å². The molecule has 2 N–H and O–H groups in total. The SMILES string of the molecule is NC(CCCN1CCS(=O)CC1)c1ccccc1. The van der Waals surface area contributed by atoms with Crippen LogP contribution in [0.15, 0.2) is 30.3 Å². The molecule has 3 nitrogen and oxygen atoms in total. The van der Waals surface area contributed by atoms with Crippen LogP contribution in [0.25, 0.3) is 0 Å². The third kappa shape index (κ3) is 4.19. The molecule has 1 aromatic carbocycles. The molecule has 0 bridgehead atoms. The fraction of sp³-hybridized carbons (Fsp3) is 0.571. The summed E-state index contributed by atoms with van der Waals surface area (Å²) in [6.07, 6.45) is 2.13. The van der Waals surface area contributed by atoms with Gasteiger partial charge in [-0.2, -0.15) is 0 Å². The van der Waals surface area contributed by atoms with E-state index in [-0.39, 0.29) is 6.04 Å². The van der Waals surface area contributed by atoms with Gasteiger partial charge in [0.25, 0.3) is 0 Å². The van der Waals surface area contributed by atoms with Crippen LogP contribution in [0.3, 0.4) is 0 Å². The molecule has 0 aromatic heterocycles. The number of hydrogen-bond acceptors (Lipinski definition) is 3.